The molecular formula is C13H13ClFNO4. The van der Waals surface area contributed by atoms with Gasteiger partial charge >= 0.3 is 5.97 Å². The number of pyridine rings is 1. The summed E-state index contributed by atoms with van der Waals surface area (Å²) >= 11 is 0. The van der Waals surface area contributed by atoms with E-state index in [0.717, 1.165) is 6.20 Å². The number of carbonyl (C=O) groups is 1. The van der Waals surface area contributed by atoms with Crippen molar-refractivity contribution in [2.24, 2.45) is 0 Å². The lowest BCUT2D eigenvalue weighted by Gasteiger charge is -2.13. The van der Waals surface area contributed by atoms with Gasteiger partial charge in [0.05, 0.1) is 24.6 Å². The number of carboxylic acids is 1. The lowest BCUT2D eigenvalue weighted by molar-refractivity contribution is 0.0694. The first-order valence-electron chi connectivity index (χ1n) is 5.59. The molecule has 0 unspecified atom stereocenters. The Balaban J connectivity index is 0.00000200. The standard InChI is InChI=1S/C13H12FNO4.ClH/c1-19-10-4-2-3-8-11(10)15(6-5-14)7-9(12(8)16)13(17)18;/h2-4,7H,5-6H2,1H3,(H,17,18);1H. The molecule has 0 aliphatic rings. The number of alkyl halides is 1. The molecule has 0 spiro atoms. The Bertz CT molecular complexity index is 699. The van der Waals surface area contributed by atoms with Crippen molar-refractivity contribution in [3.63, 3.8) is 0 Å². The first kappa shape index (κ1) is 16.0. The maximum atomic E-state index is 12.6. The zero-order chi connectivity index (χ0) is 14.0. The summed E-state index contributed by atoms with van der Waals surface area (Å²) < 4.78 is 19.1. The van der Waals surface area contributed by atoms with E-state index >= 15 is 0 Å². The van der Waals surface area contributed by atoms with Gasteiger partial charge in [0.15, 0.2) is 0 Å². The first-order valence-corrected chi connectivity index (χ1v) is 5.59. The van der Waals surface area contributed by atoms with Crippen molar-refractivity contribution in [2.45, 2.75) is 6.54 Å². The molecule has 7 heteroatoms. The summed E-state index contributed by atoms with van der Waals surface area (Å²) in [5, 5.41) is 9.21. The maximum Gasteiger partial charge on any atom is 0.341 e. The van der Waals surface area contributed by atoms with Gasteiger partial charge in [0.2, 0.25) is 5.43 Å². The Morgan fingerprint density at radius 2 is 2.15 bits per heavy atom. The molecule has 108 valence electrons. The van der Waals surface area contributed by atoms with Crippen molar-refractivity contribution >= 4 is 29.3 Å². The lowest BCUT2D eigenvalue weighted by Crippen LogP contribution is -2.19. The maximum absolute atomic E-state index is 12.6. The summed E-state index contributed by atoms with van der Waals surface area (Å²) in [6.45, 7) is -0.716. The molecule has 1 heterocycles. The minimum Gasteiger partial charge on any atom is -0.495 e. The Hall–Kier alpha value is -2.08. The molecule has 0 atom stereocenters. The van der Waals surface area contributed by atoms with Crippen LogP contribution in [-0.2, 0) is 6.54 Å². The highest BCUT2D eigenvalue weighted by Gasteiger charge is 2.16. The number of rotatable bonds is 4. The summed E-state index contributed by atoms with van der Waals surface area (Å²) in [6.07, 6.45) is 1.15. The van der Waals surface area contributed by atoms with Crippen LogP contribution in [0.4, 0.5) is 4.39 Å². The van der Waals surface area contributed by atoms with E-state index in [2.05, 4.69) is 0 Å². The van der Waals surface area contributed by atoms with E-state index in [1.165, 1.54) is 17.7 Å². The van der Waals surface area contributed by atoms with Crippen LogP contribution in [-0.4, -0.2) is 29.4 Å². The van der Waals surface area contributed by atoms with Gasteiger partial charge in [-0.15, -0.1) is 12.4 Å². The largest absolute Gasteiger partial charge is 0.495 e. The molecule has 0 amide bonds. The fraction of sp³-hybridized carbons (Fsp3) is 0.231. The van der Waals surface area contributed by atoms with Crippen molar-refractivity contribution < 1.29 is 19.0 Å². The van der Waals surface area contributed by atoms with E-state index < -0.39 is 18.1 Å². The van der Waals surface area contributed by atoms with Gasteiger partial charge in [-0.2, -0.15) is 0 Å². The molecule has 20 heavy (non-hydrogen) atoms. The molecule has 0 aliphatic heterocycles. The molecular weight excluding hydrogens is 289 g/mol. The van der Waals surface area contributed by atoms with E-state index in [4.69, 9.17) is 9.84 Å². The second-order valence-corrected chi connectivity index (χ2v) is 3.92. The van der Waals surface area contributed by atoms with E-state index in [0.29, 0.717) is 11.3 Å². The molecule has 1 N–H and O–H groups in total. The lowest BCUT2D eigenvalue weighted by atomic mass is 10.1. The van der Waals surface area contributed by atoms with Crippen LogP contribution in [0.25, 0.3) is 10.9 Å². The number of aromatic nitrogens is 1. The fourth-order valence-electron chi connectivity index (χ4n) is 2.01. The van der Waals surface area contributed by atoms with Crippen molar-refractivity contribution in [1.82, 2.24) is 4.57 Å². The number of aryl methyl sites for hydroxylation is 1. The molecule has 0 aliphatic carbocycles. The zero-order valence-corrected chi connectivity index (χ0v) is 11.4. The summed E-state index contributed by atoms with van der Waals surface area (Å²) in [4.78, 5) is 23.1. The molecule has 0 radical (unpaired) electrons. The van der Waals surface area contributed by atoms with Crippen molar-refractivity contribution in [3.05, 3.63) is 40.2 Å². The topological polar surface area (TPSA) is 68.5 Å². The van der Waals surface area contributed by atoms with Crippen LogP contribution < -0.4 is 10.2 Å². The molecule has 1 aromatic heterocycles. The van der Waals surface area contributed by atoms with Gasteiger partial charge in [0.25, 0.3) is 0 Å². The Morgan fingerprint density at radius 1 is 1.45 bits per heavy atom. The van der Waals surface area contributed by atoms with Crippen LogP contribution in [0.3, 0.4) is 0 Å². The Labute approximate surface area is 120 Å². The van der Waals surface area contributed by atoms with Crippen LogP contribution in [0.1, 0.15) is 10.4 Å². The summed E-state index contributed by atoms with van der Waals surface area (Å²) in [7, 11) is 1.43. The highest BCUT2D eigenvalue weighted by atomic mass is 35.5. The first-order chi connectivity index (χ1) is 9.10. The third-order valence-corrected chi connectivity index (χ3v) is 2.84. The molecule has 0 saturated heterocycles. The monoisotopic (exact) mass is 301 g/mol. The number of para-hydroxylation sites is 1. The third kappa shape index (κ3) is 2.60. The van der Waals surface area contributed by atoms with Gasteiger partial charge in [-0.3, -0.25) is 4.79 Å². The van der Waals surface area contributed by atoms with Gasteiger partial charge in [-0.25, -0.2) is 9.18 Å². The highest BCUT2D eigenvalue weighted by Crippen LogP contribution is 2.23. The highest BCUT2D eigenvalue weighted by molar-refractivity contribution is 5.94. The summed E-state index contributed by atoms with van der Waals surface area (Å²) in [6, 6.07) is 4.73. The number of aromatic carboxylic acids is 1. The molecule has 0 bridgehead atoms. The number of hydrogen-bond donors (Lipinski definition) is 1. The smallest absolute Gasteiger partial charge is 0.341 e. The van der Waals surface area contributed by atoms with Crippen LogP contribution >= 0.6 is 12.4 Å². The molecule has 5 nitrogen and oxygen atoms in total. The average molecular weight is 302 g/mol. The zero-order valence-electron chi connectivity index (χ0n) is 10.6. The number of methoxy groups -OCH3 is 1. The van der Waals surface area contributed by atoms with Crippen LogP contribution in [0.5, 0.6) is 5.75 Å². The van der Waals surface area contributed by atoms with Gasteiger partial charge in [0.1, 0.15) is 18.0 Å². The molecule has 0 fully saturated rings. The predicted octanol–water partition coefficient (Wildman–Crippen LogP) is 2.10. The summed E-state index contributed by atoms with van der Waals surface area (Å²) in [5.41, 5.74) is -0.580. The van der Waals surface area contributed by atoms with Crippen LogP contribution in [0.2, 0.25) is 0 Å². The Morgan fingerprint density at radius 3 is 2.70 bits per heavy atom. The van der Waals surface area contributed by atoms with Gasteiger partial charge in [0, 0.05) is 6.20 Å². The minimum absolute atomic E-state index is 0. The predicted molar refractivity (Wildman–Crippen MR) is 74.9 cm³/mol. The quantitative estimate of drug-likeness (QED) is 0.939. The molecule has 2 aromatic rings. The van der Waals surface area contributed by atoms with E-state index in [9.17, 15) is 14.0 Å². The number of carboxylic acid groups (broad SMARTS) is 1. The summed E-state index contributed by atoms with van der Waals surface area (Å²) in [5.74, 6) is -0.928. The number of ether oxygens (including phenoxy) is 1. The van der Waals surface area contributed by atoms with Crippen molar-refractivity contribution in [2.75, 3.05) is 13.8 Å². The number of fused-ring (bicyclic) bond motifs is 1. The molecule has 2 rings (SSSR count). The SMILES string of the molecule is COc1cccc2c(=O)c(C(=O)O)cn(CCF)c12.Cl. The van der Waals surface area contributed by atoms with E-state index in [1.807, 2.05) is 0 Å². The van der Waals surface area contributed by atoms with E-state index in [-0.39, 0.29) is 29.9 Å². The Kier molecular flexibility index (Phi) is 5.10. The van der Waals surface area contributed by atoms with Crippen LogP contribution in [0, 0.1) is 0 Å². The number of benzene rings is 1. The molecule has 0 saturated carbocycles. The van der Waals surface area contributed by atoms with Gasteiger partial charge < -0.3 is 14.4 Å². The second kappa shape index (κ2) is 6.38. The van der Waals surface area contributed by atoms with Gasteiger partial charge in [-0.05, 0) is 12.1 Å². The normalized spacial score (nSPS) is 10.1. The van der Waals surface area contributed by atoms with Gasteiger partial charge in [-0.1, -0.05) is 6.07 Å². The molecule has 1 aromatic carbocycles. The minimum atomic E-state index is -1.33. The third-order valence-electron chi connectivity index (χ3n) is 2.84. The van der Waals surface area contributed by atoms with E-state index in [1.54, 1.807) is 12.1 Å². The van der Waals surface area contributed by atoms with Crippen molar-refractivity contribution in [3.8, 4) is 5.75 Å². The van der Waals surface area contributed by atoms with Crippen LogP contribution in [0.15, 0.2) is 29.2 Å². The van der Waals surface area contributed by atoms with Crippen molar-refractivity contribution in [1.29, 1.82) is 0 Å². The number of nitrogens with zero attached hydrogens (tertiary/aromatic N) is 1. The number of hydrogen-bond acceptors (Lipinski definition) is 3. The number of halogens is 2. The average Bonchev–Trinajstić information content (AvgIpc) is 2.41. The second-order valence-electron chi connectivity index (χ2n) is 3.92. The fourth-order valence-corrected chi connectivity index (χ4v) is 2.01.